The van der Waals surface area contributed by atoms with Crippen LogP contribution in [0.2, 0.25) is 0 Å². The molecule has 0 saturated carbocycles. The smallest absolute Gasteiger partial charge is 0.254 e. The molecule has 1 aromatic heterocycles. The first-order valence-electron chi connectivity index (χ1n) is 9.52. The number of amides is 1. The number of rotatable bonds is 7. The Labute approximate surface area is 160 Å². The minimum atomic E-state index is 0.00628. The van der Waals surface area contributed by atoms with Gasteiger partial charge >= 0.3 is 0 Å². The Balaban J connectivity index is 1.77. The van der Waals surface area contributed by atoms with E-state index < -0.39 is 0 Å². The highest BCUT2D eigenvalue weighted by molar-refractivity contribution is 5.95. The van der Waals surface area contributed by atoms with Crippen LogP contribution in [0.25, 0.3) is 0 Å². The minimum absolute atomic E-state index is 0.00628. The van der Waals surface area contributed by atoms with Gasteiger partial charge in [-0.05, 0) is 62.1 Å². The fourth-order valence-corrected chi connectivity index (χ4v) is 3.35. The number of piperidine rings is 1. The molecule has 1 fully saturated rings. The third-order valence-electron chi connectivity index (χ3n) is 4.79. The van der Waals surface area contributed by atoms with Gasteiger partial charge in [0.2, 0.25) is 0 Å². The predicted octanol–water partition coefficient (Wildman–Crippen LogP) is 3.01. The van der Waals surface area contributed by atoms with Crippen molar-refractivity contribution < 1.29 is 14.3 Å². The third kappa shape index (κ3) is 4.77. The SMILES string of the molecule is CCOc1cc(C(=O)N2CCCC[C@@H]2CN)ccc1OCc1ccncc1. The fourth-order valence-electron chi connectivity index (χ4n) is 3.35. The summed E-state index contributed by atoms with van der Waals surface area (Å²) in [6.45, 7) is 4.08. The van der Waals surface area contributed by atoms with Crippen LogP contribution in [0.1, 0.15) is 42.1 Å². The molecule has 144 valence electrons. The lowest BCUT2D eigenvalue weighted by atomic mass is 10.0. The molecule has 0 spiro atoms. The van der Waals surface area contributed by atoms with Crippen LogP contribution < -0.4 is 15.2 Å². The van der Waals surface area contributed by atoms with E-state index in [1.807, 2.05) is 24.0 Å². The highest BCUT2D eigenvalue weighted by atomic mass is 16.5. The summed E-state index contributed by atoms with van der Waals surface area (Å²) >= 11 is 0. The Morgan fingerprint density at radius 1 is 1.19 bits per heavy atom. The maximum atomic E-state index is 13.0. The molecule has 1 aliphatic heterocycles. The molecule has 0 radical (unpaired) electrons. The topological polar surface area (TPSA) is 77.7 Å². The molecular weight excluding hydrogens is 342 g/mol. The lowest BCUT2D eigenvalue weighted by Crippen LogP contribution is -2.47. The molecule has 0 unspecified atom stereocenters. The first kappa shape index (κ1) is 19.2. The van der Waals surface area contributed by atoms with Crippen LogP contribution in [-0.4, -0.2) is 41.5 Å². The van der Waals surface area contributed by atoms with Gasteiger partial charge in [-0.1, -0.05) is 0 Å². The number of pyridine rings is 1. The molecule has 3 rings (SSSR count). The minimum Gasteiger partial charge on any atom is -0.490 e. The average molecular weight is 369 g/mol. The van der Waals surface area contributed by atoms with Crippen LogP contribution in [0.15, 0.2) is 42.7 Å². The summed E-state index contributed by atoms with van der Waals surface area (Å²) in [5.74, 6) is 1.21. The molecular formula is C21H27N3O3. The van der Waals surface area contributed by atoms with E-state index in [4.69, 9.17) is 15.2 Å². The monoisotopic (exact) mass is 369 g/mol. The van der Waals surface area contributed by atoms with E-state index in [1.165, 1.54) is 0 Å². The molecule has 1 aromatic carbocycles. The third-order valence-corrected chi connectivity index (χ3v) is 4.79. The largest absolute Gasteiger partial charge is 0.490 e. The second-order valence-corrected chi connectivity index (χ2v) is 6.62. The predicted molar refractivity (Wildman–Crippen MR) is 104 cm³/mol. The van der Waals surface area contributed by atoms with E-state index >= 15 is 0 Å². The molecule has 0 bridgehead atoms. The van der Waals surface area contributed by atoms with Crippen LogP contribution >= 0.6 is 0 Å². The summed E-state index contributed by atoms with van der Waals surface area (Å²) in [4.78, 5) is 18.9. The Morgan fingerprint density at radius 3 is 2.74 bits per heavy atom. The summed E-state index contributed by atoms with van der Waals surface area (Å²) in [5.41, 5.74) is 7.49. The van der Waals surface area contributed by atoms with E-state index in [2.05, 4.69) is 4.98 Å². The van der Waals surface area contributed by atoms with E-state index in [0.29, 0.717) is 36.8 Å². The van der Waals surface area contributed by atoms with E-state index in [9.17, 15) is 4.79 Å². The number of likely N-dealkylation sites (tertiary alicyclic amines) is 1. The Bertz CT molecular complexity index is 752. The number of nitrogens with two attached hydrogens (primary N) is 1. The van der Waals surface area contributed by atoms with Crippen molar-refractivity contribution in [2.45, 2.75) is 38.8 Å². The van der Waals surface area contributed by atoms with E-state index in [0.717, 1.165) is 31.4 Å². The Hall–Kier alpha value is -2.60. The average Bonchev–Trinajstić information content (AvgIpc) is 2.73. The number of carbonyl (C=O) groups is 1. The van der Waals surface area contributed by atoms with Crippen LogP contribution in [-0.2, 0) is 6.61 Å². The lowest BCUT2D eigenvalue weighted by Gasteiger charge is -2.35. The van der Waals surface area contributed by atoms with Gasteiger partial charge in [0.25, 0.3) is 5.91 Å². The summed E-state index contributed by atoms with van der Waals surface area (Å²) in [6, 6.07) is 9.30. The number of hydrogen-bond acceptors (Lipinski definition) is 5. The molecule has 1 amide bonds. The first-order chi connectivity index (χ1) is 13.2. The van der Waals surface area contributed by atoms with Gasteiger partial charge in [-0.15, -0.1) is 0 Å². The normalized spacial score (nSPS) is 16.8. The van der Waals surface area contributed by atoms with Gasteiger partial charge in [-0.3, -0.25) is 9.78 Å². The number of hydrogen-bond donors (Lipinski definition) is 1. The standard InChI is InChI=1S/C21H27N3O3/c1-2-26-20-13-17(21(25)24-12-4-3-5-18(24)14-22)6-7-19(20)27-15-16-8-10-23-11-9-16/h6-11,13,18H,2-5,12,14-15,22H2,1H3/t18-/m1/s1. The van der Waals surface area contributed by atoms with Crippen molar-refractivity contribution in [1.82, 2.24) is 9.88 Å². The highest BCUT2D eigenvalue weighted by Gasteiger charge is 2.27. The molecule has 0 aliphatic carbocycles. The van der Waals surface area contributed by atoms with Crippen molar-refractivity contribution in [1.29, 1.82) is 0 Å². The molecule has 6 heteroatoms. The fraction of sp³-hybridized carbons (Fsp3) is 0.429. The van der Waals surface area contributed by atoms with E-state index in [-0.39, 0.29) is 11.9 Å². The second-order valence-electron chi connectivity index (χ2n) is 6.62. The highest BCUT2D eigenvalue weighted by Crippen LogP contribution is 2.30. The van der Waals surface area contributed by atoms with Crippen molar-refractivity contribution in [3.8, 4) is 11.5 Å². The number of benzene rings is 1. The summed E-state index contributed by atoms with van der Waals surface area (Å²) < 4.78 is 11.6. The zero-order valence-electron chi connectivity index (χ0n) is 15.8. The molecule has 1 saturated heterocycles. The summed E-state index contributed by atoms with van der Waals surface area (Å²) in [7, 11) is 0. The van der Waals surface area contributed by atoms with Gasteiger partial charge in [0.15, 0.2) is 11.5 Å². The van der Waals surface area contributed by atoms with Gasteiger partial charge in [0, 0.05) is 37.1 Å². The zero-order chi connectivity index (χ0) is 19.1. The molecule has 27 heavy (non-hydrogen) atoms. The molecule has 1 aliphatic rings. The Morgan fingerprint density at radius 2 is 2.00 bits per heavy atom. The van der Waals surface area contributed by atoms with Crippen molar-refractivity contribution in [3.05, 3.63) is 53.9 Å². The van der Waals surface area contributed by atoms with Crippen molar-refractivity contribution in [2.75, 3.05) is 19.7 Å². The van der Waals surface area contributed by atoms with Gasteiger partial charge < -0.3 is 20.1 Å². The van der Waals surface area contributed by atoms with E-state index in [1.54, 1.807) is 30.6 Å². The molecule has 6 nitrogen and oxygen atoms in total. The number of ether oxygens (including phenoxy) is 2. The number of carbonyl (C=O) groups excluding carboxylic acids is 1. The lowest BCUT2D eigenvalue weighted by molar-refractivity contribution is 0.0623. The second kappa shape index (κ2) is 9.37. The van der Waals surface area contributed by atoms with Crippen LogP contribution in [0.4, 0.5) is 0 Å². The maximum absolute atomic E-state index is 13.0. The number of aromatic nitrogens is 1. The van der Waals surface area contributed by atoms with Crippen LogP contribution in [0.3, 0.4) is 0 Å². The van der Waals surface area contributed by atoms with Crippen molar-refractivity contribution in [3.63, 3.8) is 0 Å². The summed E-state index contributed by atoms with van der Waals surface area (Å²) in [6.07, 6.45) is 6.58. The van der Waals surface area contributed by atoms with Gasteiger partial charge in [0.05, 0.1) is 6.61 Å². The first-order valence-corrected chi connectivity index (χ1v) is 9.52. The molecule has 2 aromatic rings. The van der Waals surface area contributed by atoms with Gasteiger partial charge in [-0.25, -0.2) is 0 Å². The van der Waals surface area contributed by atoms with Crippen LogP contribution in [0.5, 0.6) is 11.5 Å². The molecule has 1 atom stereocenters. The number of nitrogens with zero attached hydrogens (tertiary/aromatic N) is 2. The zero-order valence-corrected chi connectivity index (χ0v) is 15.8. The summed E-state index contributed by atoms with van der Waals surface area (Å²) in [5, 5.41) is 0. The van der Waals surface area contributed by atoms with Crippen LogP contribution in [0, 0.1) is 0 Å². The quantitative estimate of drug-likeness (QED) is 0.812. The maximum Gasteiger partial charge on any atom is 0.254 e. The van der Waals surface area contributed by atoms with Crippen molar-refractivity contribution in [2.24, 2.45) is 5.73 Å². The van der Waals surface area contributed by atoms with Crippen molar-refractivity contribution >= 4 is 5.91 Å². The Kier molecular flexibility index (Phi) is 6.65. The molecule has 2 heterocycles. The van der Waals surface area contributed by atoms with Gasteiger partial charge in [-0.2, -0.15) is 0 Å². The molecule has 2 N–H and O–H groups in total. The van der Waals surface area contributed by atoms with Gasteiger partial charge in [0.1, 0.15) is 6.61 Å².